The van der Waals surface area contributed by atoms with Crippen molar-refractivity contribution in [1.29, 1.82) is 10.7 Å². The van der Waals surface area contributed by atoms with Crippen LogP contribution < -0.4 is 20.8 Å². The number of ether oxygens (including phenoxy) is 8. The molecule has 0 fully saturated rings. The summed E-state index contributed by atoms with van der Waals surface area (Å²) in [5, 5.41) is 34.6. The number of hydrogen-bond acceptors (Lipinski definition) is 31. The molecule has 5 aromatic rings. The zero-order chi connectivity index (χ0) is 72.5. The summed E-state index contributed by atoms with van der Waals surface area (Å²) >= 11 is 0.146. The highest BCUT2D eigenvalue weighted by Gasteiger charge is 2.34. The first-order valence-electron chi connectivity index (χ1n) is 30.3. The van der Waals surface area contributed by atoms with E-state index in [4.69, 9.17) is 49.4 Å². The van der Waals surface area contributed by atoms with Crippen molar-refractivity contribution >= 4 is 144 Å². The van der Waals surface area contributed by atoms with Crippen LogP contribution in [0.25, 0.3) is 4.98 Å². The van der Waals surface area contributed by atoms with Crippen molar-refractivity contribution in [2.24, 2.45) is 10.2 Å². The van der Waals surface area contributed by atoms with Crippen molar-refractivity contribution in [3.05, 3.63) is 106 Å². The molecule has 534 valence electrons. The number of nitrogens with two attached hydrogens (primary N) is 1. The number of benzene rings is 2. The van der Waals surface area contributed by atoms with Crippen LogP contribution in [-0.4, -0.2) is 143 Å². The number of nitrogen functional groups attached to an aromatic ring is 1. The van der Waals surface area contributed by atoms with Crippen molar-refractivity contribution in [3.8, 4) is 6.07 Å². The first-order valence-corrected chi connectivity index (χ1v) is 33.7. The van der Waals surface area contributed by atoms with E-state index in [1.807, 2.05) is 0 Å². The lowest BCUT2D eigenvalue weighted by Gasteiger charge is -2.36. The van der Waals surface area contributed by atoms with E-state index in [2.05, 4.69) is 78.6 Å². The summed E-state index contributed by atoms with van der Waals surface area (Å²) < 4.78 is 57.5. The number of Topliss-reactive ketones (excluding diaryl/α,β-unsaturated/α-hetero) is 1. The number of nitriles is 1. The predicted molar refractivity (Wildman–Crippen MR) is 368 cm³/mol. The molecule has 0 amide bonds. The minimum Gasteiger partial charge on any atom is -0.750 e. The molecule has 0 radical (unpaired) electrons. The van der Waals surface area contributed by atoms with Gasteiger partial charge in [-0.1, -0.05) is 18.2 Å². The van der Waals surface area contributed by atoms with Crippen molar-refractivity contribution < 1.29 is 99.4 Å². The molecule has 2 N–H and O–H groups in total. The lowest BCUT2D eigenvalue weighted by Crippen LogP contribution is -2.34. The van der Waals surface area contributed by atoms with E-state index in [9.17, 15) is 43.2 Å². The monoisotopic (exact) mass is 1460 g/mol. The number of thiophene rings is 3. The zero-order valence-electron chi connectivity index (χ0n) is 56.5. The largest absolute Gasteiger partial charge is 0.750 e. The molecule has 1 atom stereocenters. The first kappa shape index (κ1) is 85.3. The fourth-order valence-corrected chi connectivity index (χ4v) is 13.0. The van der Waals surface area contributed by atoms with Crippen LogP contribution in [0.5, 0.6) is 0 Å². The highest BCUT2D eigenvalue weighted by atomic mass is 32.2. The van der Waals surface area contributed by atoms with E-state index in [1.54, 1.807) is 71.3 Å². The fraction of sp³-hybridized carbons (Fsp3) is 0.469. The Bertz CT molecular complexity index is 3680. The number of anilines is 3. The van der Waals surface area contributed by atoms with Crippen LogP contribution in [0.2, 0.25) is 0 Å². The normalized spacial score (nSPS) is 12.6. The van der Waals surface area contributed by atoms with Crippen molar-refractivity contribution in [2.45, 2.75) is 120 Å². The highest BCUT2D eigenvalue weighted by molar-refractivity contribution is 7.73. The average Bonchev–Trinajstić information content (AvgIpc) is 1.21. The second kappa shape index (κ2) is 44.2. The number of azo groups is 1. The van der Waals surface area contributed by atoms with Crippen LogP contribution >= 0.6 is 47.5 Å². The van der Waals surface area contributed by atoms with Crippen LogP contribution in [0.3, 0.4) is 0 Å². The number of ketones is 1. The van der Waals surface area contributed by atoms with Gasteiger partial charge in [0.25, 0.3) is 0 Å². The lowest BCUT2D eigenvalue weighted by molar-refractivity contribution is -0.635. The summed E-state index contributed by atoms with van der Waals surface area (Å²) in [4.78, 5) is 110. The first-order chi connectivity index (χ1) is 46.3. The Morgan fingerprint density at radius 3 is 1.40 bits per heavy atom. The van der Waals surface area contributed by atoms with Gasteiger partial charge in [-0.25, -0.2) is 33.0 Å². The standard InChI is InChI=1S/C22H25N3O4S.C12H15N.C10H11N2O4S.C10H13NO4S.C6H10O3.C4H5NO2.H2O4S.H2S/c1-4-29-22(27)19-13(2)17(21(26)28-3)20(30-19)24-23-16-11-14-7-5-9-25-10-6-8-15(12-16)18(14)25;1-4-10-6-2-8-13-9-3-7-11(5-1)12(10)13;1-4-16-10(14)7-5(2)6(9(13)15-3)8(12-11)17-7;1-4-15-10(13)7-5(2)6(8(11)16-7)9(12)14-3;1-3-9-6(8)4-5(2)7;1-7-4(6)2-3-5;1-4-5(2)3;/h11-12H,4-10H2,1-3H3;1,4-5H,2-3,6-9H2;4H2,1-3H3;4,11H2,1-3H3;3-4H2,1-2H3;2H2,1H3;1H,(H,2,3);1H2/q;;+1;;;;;/p-2. The molecule has 0 aliphatic carbocycles. The Morgan fingerprint density at radius 1 is 0.602 bits per heavy atom. The number of carbonyl (C=O) groups excluding carboxylic acids is 9. The number of methoxy groups -OCH3 is 4. The van der Waals surface area contributed by atoms with Crippen LogP contribution in [0, 0.1) is 37.5 Å². The quantitative estimate of drug-likeness (QED) is 0.0140. The van der Waals surface area contributed by atoms with E-state index in [-0.39, 0.29) is 83.5 Å². The number of carbonyl (C=O) groups is 9. The molecule has 0 saturated heterocycles. The Morgan fingerprint density at radius 2 is 1.00 bits per heavy atom. The summed E-state index contributed by atoms with van der Waals surface area (Å²) in [5.74, 6) is -4.29. The van der Waals surface area contributed by atoms with E-state index < -0.39 is 59.1 Å². The van der Waals surface area contributed by atoms with Gasteiger partial charge in [-0.15, -0.1) is 32.9 Å². The average molecular weight is 1460 g/mol. The predicted octanol–water partition coefficient (Wildman–Crippen LogP) is 10.4. The van der Waals surface area contributed by atoms with Crippen LogP contribution in [0.1, 0.15) is 172 Å². The number of diazo groups is 1. The van der Waals surface area contributed by atoms with Gasteiger partial charge in [0.1, 0.15) is 43.8 Å². The fourth-order valence-electron chi connectivity index (χ4n) is 10.1. The summed E-state index contributed by atoms with van der Waals surface area (Å²) in [6, 6.07) is 12.6. The third kappa shape index (κ3) is 25.0. The molecule has 0 bridgehead atoms. The van der Waals surface area contributed by atoms with Crippen LogP contribution in [-0.2, 0) is 93.7 Å². The van der Waals surface area contributed by atoms with E-state index in [0.717, 1.165) is 78.5 Å². The molecular weight excluding hydrogens is 1380 g/mol. The van der Waals surface area contributed by atoms with E-state index in [1.165, 1.54) is 91.0 Å². The lowest BCUT2D eigenvalue weighted by atomic mass is 9.91. The summed E-state index contributed by atoms with van der Waals surface area (Å²) in [5.41, 5.74) is 17.2. The zero-order valence-corrected chi connectivity index (χ0v) is 60.8. The van der Waals surface area contributed by atoms with E-state index >= 15 is 0 Å². The molecule has 3 aromatic heterocycles. The number of hydrogen-bond donors (Lipinski definition) is 1. The maximum absolute atomic E-state index is 12.3. The number of aryl methyl sites for hydroxylation is 4. The Hall–Kier alpha value is -8.74. The van der Waals surface area contributed by atoms with Gasteiger partial charge in [0.2, 0.25) is 5.39 Å². The molecule has 7 heterocycles. The Balaban J connectivity index is 0.000000418. The molecule has 2 aromatic carbocycles. The third-order valence-electron chi connectivity index (χ3n) is 14.1. The van der Waals surface area contributed by atoms with Crippen molar-refractivity contribution in [1.82, 2.24) is 0 Å². The molecule has 34 heteroatoms. The van der Waals surface area contributed by atoms with Gasteiger partial charge in [-0.05, 0) is 169 Å². The van der Waals surface area contributed by atoms with Gasteiger partial charge in [-0.2, -0.15) is 18.8 Å². The summed E-state index contributed by atoms with van der Waals surface area (Å²) in [6.45, 7) is 19.0. The number of rotatable bonds is 16. The number of nitrogens with zero attached hydrogens (tertiary/aromatic N) is 7. The highest BCUT2D eigenvalue weighted by Crippen LogP contribution is 2.42. The van der Waals surface area contributed by atoms with Gasteiger partial charge in [0, 0.05) is 37.6 Å². The van der Waals surface area contributed by atoms with Crippen LogP contribution in [0.4, 0.5) is 32.1 Å². The van der Waals surface area contributed by atoms with Crippen molar-refractivity contribution in [2.75, 3.05) is 96.6 Å². The molecule has 4 aliphatic rings. The molecule has 0 saturated carbocycles. The number of para-hydroxylation sites is 1. The molecule has 29 nitrogen and oxygen atoms in total. The van der Waals surface area contributed by atoms with Gasteiger partial charge in [0.15, 0.2) is 15.5 Å². The second-order valence-electron chi connectivity index (χ2n) is 20.5. The second-order valence-corrected chi connectivity index (χ2v) is 24.1. The third-order valence-corrected chi connectivity index (χ3v) is 17.6. The smallest absolute Gasteiger partial charge is 0.456 e. The van der Waals surface area contributed by atoms with Crippen molar-refractivity contribution in [3.63, 3.8) is 0 Å². The minimum absolute atomic E-state index is 0. The molecular formula is C64H81N8O21S5-. The number of esters is 8. The Labute approximate surface area is 589 Å². The molecule has 1 unspecified atom stereocenters. The Kier molecular flexibility index (Phi) is 38.5. The molecule has 98 heavy (non-hydrogen) atoms. The molecule has 0 spiro atoms. The SMILES string of the molecule is CCOC(=O)CC(C)=O.CCOC(=O)c1sc(N)c(C(=O)OC)c1C.CCOC(=O)c1sc(N=Nc2cc3c4c(c2)CCCN4CCC3)c(C(=O)OC)c1C.CCOC(=O)c1sc([N+]#N)c(C(=O)OC)c1C.COC(=O)CC#N.O=S([O-])O[O-].S.c1cc2c3c(c1)CCCN3CCC2. The van der Waals surface area contributed by atoms with Crippen LogP contribution in [0.15, 0.2) is 40.6 Å². The molecule has 4 aliphatic heterocycles. The maximum Gasteiger partial charge on any atom is 0.456 e. The minimum atomic E-state index is -2.88. The van der Waals surface area contributed by atoms with Gasteiger partial charge < -0.3 is 67.6 Å². The van der Waals surface area contributed by atoms with Gasteiger partial charge >= 0.3 is 52.8 Å². The van der Waals surface area contributed by atoms with Gasteiger partial charge in [0.05, 0.1) is 83.5 Å². The van der Waals surface area contributed by atoms with E-state index in [0.29, 0.717) is 38.1 Å². The summed E-state index contributed by atoms with van der Waals surface area (Å²) in [7, 11) is 5.04. The topological polar surface area (TPSA) is 409 Å². The maximum atomic E-state index is 12.3. The molecule has 9 rings (SSSR count). The van der Waals surface area contributed by atoms with Gasteiger partial charge in [-0.3, -0.25) is 14.4 Å². The summed E-state index contributed by atoms with van der Waals surface area (Å²) in [6.07, 6.45) is 9.39.